The van der Waals surface area contributed by atoms with Crippen LogP contribution in [0.3, 0.4) is 0 Å². The highest BCUT2D eigenvalue weighted by Gasteiger charge is 2.30. The molecule has 0 spiro atoms. The predicted molar refractivity (Wildman–Crippen MR) is 161 cm³/mol. The highest BCUT2D eigenvalue weighted by Crippen LogP contribution is 2.42. The van der Waals surface area contributed by atoms with Crippen molar-refractivity contribution in [1.82, 2.24) is 30.2 Å². The van der Waals surface area contributed by atoms with Crippen LogP contribution in [0.15, 0.2) is 51.5 Å². The molecule has 1 N–H and O–H groups in total. The molecule has 2 aromatic rings. The van der Waals surface area contributed by atoms with E-state index in [2.05, 4.69) is 50.7 Å². The summed E-state index contributed by atoms with van der Waals surface area (Å²) in [7, 11) is -1.46. The molecular weight excluding hydrogens is 540 g/mol. The van der Waals surface area contributed by atoms with E-state index in [0.717, 1.165) is 41.8 Å². The lowest BCUT2D eigenvalue weighted by Gasteiger charge is -2.28. The van der Waals surface area contributed by atoms with Gasteiger partial charge in [0.15, 0.2) is 27.8 Å². The zero-order valence-electron chi connectivity index (χ0n) is 25.0. The first-order valence-electron chi connectivity index (χ1n) is 13.7. The van der Waals surface area contributed by atoms with E-state index >= 15 is 0 Å². The fourth-order valence-corrected chi connectivity index (χ4v) is 4.78. The minimum atomic E-state index is -3.40. The zero-order valence-corrected chi connectivity index (χ0v) is 25.8. The maximum atomic E-state index is 12.1. The van der Waals surface area contributed by atoms with Crippen molar-refractivity contribution in [3.05, 3.63) is 59.3 Å². The van der Waals surface area contributed by atoms with Gasteiger partial charge in [0, 0.05) is 37.0 Å². The average molecular weight is 581 g/mol. The Kier molecular flexibility index (Phi) is 10.6. The smallest absolute Gasteiger partial charge is 0.185 e. The van der Waals surface area contributed by atoms with E-state index in [1.165, 1.54) is 12.4 Å². The van der Waals surface area contributed by atoms with Gasteiger partial charge in [-0.25, -0.2) is 38.3 Å². The monoisotopic (exact) mass is 580 g/mol. The van der Waals surface area contributed by atoms with Crippen LogP contribution in [0.25, 0.3) is 5.70 Å². The molecule has 0 bridgehead atoms. The third kappa shape index (κ3) is 7.90. The van der Waals surface area contributed by atoms with Gasteiger partial charge in [0.05, 0.1) is 29.4 Å². The summed E-state index contributed by atoms with van der Waals surface area (Å²) in [6.07, 6.45) is 7.77. The third-order valence-electron chi connectivity index (χ3n) is 7.02. The highest BCUT2D eigenvalue weighted by molar-refractivity contribution is 7.91. The maximum absolute atomic E-state index is 12.1. The summed E-state index contributed by atoms with van der Waals surface area (Å²) in [6.45, 7) is 15.9. The first-order chi connectivity index (χ1) is 19.4. The molecule has 2 heterocycles. The van der Waals surface area contributed by atoms with Crippen LogP contribution in [0.5, 0.6) is 0 Å². The van der Waals surface area contributed by atoms with E-state index in [9.17, 15) is 13.2 Å². The number of aliphatic imine (C=N–C) groups is 2. The van der Waals surface area contributed by atoms with Crippen LogP contribution in [0, 0.1) is 6.92 Å². The largest absolute Gasteiger partial charge is 0.360 e. The Labute approximate surface area is 243 Å². The number of aromatic nitrogens is 4. The molecule has 12 heteroatoms. The van der Waals surface area contributed by atoms with Gasteiger partial charge in [-0.2, -0.15) is 0 Å². The summed E-state index contributed by atoms with van der Waals surface area (Å²) in [5, 5.41) is 2.96. The second kappa shape index (κ2) is 13.7. The van der Waals surface area contributed by atoms with Gasteiger partial charge in [-0.05, 0) is 52.5 Å². The van der Waals surface area contributed by atoms with Crippen molar-refractivity contribution >= 4 is 33.5 Å². The van der Waals surface area contributed by atoms with Crippen molar-refractivity contribution in [3.8, 4) is 0 Å². The predicted octanol–water partition coefficient (Wildman–Crippen LogP) is 4.03. The molecular formula is C29H40N8O3S. The number of amidine groups is 2. The SMILES string of the molecule is C=C(/N=C(\C(/N=C(\C=O)NCc1ncc(S(=O)(=O)CC)cn1)=C(C)C)N(C)[C@@H](C)CC)c1c(C)ncnc1C1CC1. The van der Waals surface area contributed by atoms with Gasteiger partial charge in [0.25, 0.3) is 0 Å². The van der Waals surface area contributed by atoms with Crippen molar-refractivity contribution in [2.45, 2.75) is 84.2 Å². The molecule has 220 valence electrons. The number of hydrogen-bond donors (Lipinski definition) is 1. The molecule has 0 aromatic carbocycles. The summed E-state index contributed by atoms with van der Waals surface area (Å²) >= 11 is 0. The first kappa shape index (κ1) is 31.7. The van der Waals surface area contributed by atoms with Crippen LogP contribution in [0.2, 0.25) is 0 Å². The molecule has 2 aromatic heterocycles. The number of aldehydes is 1. The van der Waals surface area contributed by atoms with E-state index in [0.29, 0.717) is 35.3 Å². The van der Waals surface area contributed by atoms with Gasteiger partial charge in [-0.15, -0.1) is 0 Å². The summed E-state index contributed by atoms with van der Waals surface area (Å²) in [5.74, 6) is 1.30. The van der Waals surface area contributed by atoms with Crippen molar-refractivity contribution in [3.63, 3.8) is 0 Å². The normalized spacial score (nSPS) is 14.8. The molecule has 1 aliphatic rings. The fourth-order valence-electron chi connectivity index (χ4n) is 4.02. The first-order valence-corrected chi connectivity index (χ1v) is 15.4. The summed E-state index contributed by atoms with van der Waals surface area (Å²) in [5.41, 5.74) is 4.54. The number of rotatable bonds is 12. The Hall–Kier alpha value is -3.80. The second-order valence-corrected chi connectivity index (χ2v) is 12.6. The van der Waals surface area contributed by atoms with Gasteiger partial charge in [0.2, 0.25) is 0 Å². The Balaban J connectivity index is 1.98. The average Bonchev–Trinajstić information content (AvgIpc) is 3.81. The van der Waals surface area contributed by atoms with E-state index in [4.69, 9.17) is 4.99 Å². The Bertz CT molecular complexity index is 1470. The second-order valence-electron chi connectivity index (χ2n) is 10.3. The molecule has 3 rings (SSSR count). The number of nitrogens with one attached hydrogen (secondary N) is 1. The maximum Gasteiger partial charge on any atom is 0.185 e. The molecule has 1 aliphatic carbocycles. The molecule has 1 fully saturated rings. The number of allylic oxidation sites excluding steroid dienone is 1. The Morgan fingerprint density at radius 1 is 1.17 bits per heavy atom. The highest BCUT2D eigenvalue weighted by atomic mass is 32.2. The number of sulfone groups is 1. The van der Waals surface area contributed by atoms with Gasteiger partial charge in [-0.3, -0.25) is 4.79 Å². The lowest BCUT2D eigenvalue weighted by Crippen LogP contribution is -2.36. The minimum absolute atomic E-state index is 0.0401. The number of likely N-dealkylation sites (N-methyl/N-ethyl adjacent to an activating group) is 1. The van der Waals surface area contributed by atoms with Crippen molar-refractivity contribution in [2.75, 3.05) is 12.8 Å². The van der Waals surface area contributed by atoms with Gasteiger partial charge in [-0.1, -0.05) is 20.4 Å². The molecule has 0 aliphatic heterocycles. The van der Waals surface area contributed by atoms with Crippen LogP contribution in [0.4, 0.5) is 0 Å². The molecule has 0 amide bonds. The van der Waals surface area contributed by atoms with Crippen molar-refractivity contribution in [1.29, 1.82) is 0 Å². The van der Waals surface area contributed by atoms with Crippen molar-refractivity contribution in [2.24, 2.45) is 9.98 Å². The molecule has 41 heavy (non-hydrogen) atoms. The van der Waals surface area contributed by atoms with Gasteiger partial charge >= 0.3 is 0 Å². The van der Waals surface area contributed by atoms with E-state index < -0.39 is 9.84 Å². The molecule has 0 radical (unpaired) electrons. The van der Waals surface area contributed by atoms with Crippen LogP contribution >= 0.6 is 0 Å². The number of carbonyl (C=O) groups is 1. The number of aryl methyl sites for hydroxylation is 1. The zero-order chi connectivity index (χ0) is 30.3. The minimum Gasteiger partial charge on any atom is -0.360 e. The summed E-state index contributed by atoms with van der Waals surface area (Å²) in [6, 6.07) is 0.126. The molecule has 1 saturated carbocycles. The molecule has 11 nitrogen and oxygen atoms in total. The Morgan fingerprint density at radius 3 is 2.37 bits per heavy atom. The quantitative estimate of drug-likeness (QED) is 0.224. The standard InChI is InChI=1S/C29H40N8O3S/c1-9-19(5)37(8)29(35-21(7)26-20(6)33-17-34-28(26)22-11-12-22)27(18(3)4)36-25(16-38)32-15-24-30-13-23(14-31-24)41(39,40)10-2/h13-14,16-17,19,22H,7,9-12,15H2,1-6,8H3,(H,32,36)/b35-29+/t19-/m0/s1. The van der Waals surface area contributed by atoms with E-state index in [1.807, 2.05) is 32.7 Å². The number of carbonyl (C=O) groups excluding carboxylic acids is 1. The van der Waals surface area contributed by atoms with Crippen LogP contribution in [-0.2, 0) is 21.2 Å². The lowest BCUT2D eigenvalue weighted by atomic mass is 10.1. The van der Waals surface area contributed by atoms with Crippen LogP contribution < -0.4 is 5.32 Å². The van der Waals surface area contributed by atoms with Crippen LogP contribution in [0.1, 0.15) is 82.6 Å². The molecule has 1 atom stereocenters. The summed E-state index contributed by atoms with van der Waals surface area (Å²) < 4.78 is 24.1. The summed E-state index contributed by atoms with van der Waals surface area (Å²) in [4.78, 5) is 41.0. The number of nitrogens with zero attached hydrogens (tertiary/aromatic N) is 7. The van der Waals surface area contributed by atoms with Gasteiger partial charge < -0.3 is 10.2 Å². The van der Waals surface area contributed by atoms with E-state index in [-0.39, 0.29) is 29.1 Å². The Morgan fingerprint density at radius 2 is 1.83 bits per heavy atom. The van der Waals surface area contributed by atoms with Gasteiger partial charge in [0.1, 0.15) is 22.7 Å². The lowest BCUT2D eigenvalue weighted by molar-refractivity contribution is -0.102. The topological polar surface area (TPSA) is 143 Å². The molecule has 0 unspecified atom stereocenters. The van der Waals surface area contributed by atoms with E-state index in [1.54, 1.807) is 13.3 Å². The fraction of sp³-hybridized carbons (Fsp3) is 0.483. The third-order valence-corrected chi connectivity index (χ3v) is 8.71. The number of hydrogen-bond acceptors (Lipinski definition) is 9. The van der Waals surface area contributed by atoms with Crippen molar-refractivity contribution < 1.29 is 13.2 Å². The van der Waals surface area contributed by atoms with Crippen LogP contribution in [-0.4, -0.2) is 70.1 Å². The molecule has 0 saturated heterocycles.